The zero-order valence-corrected chi connectivity index (χ0v) is 16.2. The Hall–Kier alpha value is -1.13. The smallest absolute Gasteiger partial charge is 0.310 e. The number of hydrogen-bond acceptors (Lipinski definition) is 1. The molecule has 0 saturated heterocycles. The predicted octanol–water partition coefficient (Wildman–Crippen LogP) is 5.87. The van der Waals surface area contributed by atoms with Crippen LogP contribution in [0.2, 0.25) is 0 Å². The average molecular weight is 440 g/mol. The van der Waals surface area contributed by atoms with Crippen molar-refractivity contribution in [1.82, 2.24) is 0 Å². The molecule has 1 N–H and O–H groups in total. The first-order valence-corrected chi connectivity index (χ1v) is 9.26. The van der Waals surface area contributed by atoms with Crippen LogP contribution in [0.1, 0.15) is 30.9 Å². The Balaban J connectivity index is 2.32. The van der Waals surface area contributed by atoms with Crippen molar-refractivity contribution in [1.29, 1.82) is 0 Å². The number of benzene rings is 2. The van der Waals surface area contributed by atoms with E-state index < -0.39 is 11.4 Å². The van der Waals surface area contributed by atoms with Gasteiger partial charge in [-0.2, -0.15) is 0 Å². The molecule has 23 heavy (non-hydrogen) atoms. The van der Waals surface area contributed by atoms with Gasteiger partial charge in [0.1, 0.15) is 0 Å². The molecule has 122 valence electrons. The number of aliphatic carboxylic acids is 1. The summed E-state index contributed by atoms with van der Waals surface area (Å²) in [7, 11) is 0. The van der Waals surface area contributed by atoms with Crippen molar-refractivity contribution < 1.29 is 9.90 Å². The molecular formula is C19H20Br2O2. The first-order valence-electron chi connectivity index (χ1n) is 7.67. The lowest BCUT2D eigenvalue weighted by molar-refractivity contribution is -0.149. The van der Waals surface area contributed by atoms with Crippen LogP contribution < -0.4 is 0 Å². The first-order chi connectivity index (χ1) is 10.9. The van der Waals surface area contributed by atoms with Crippen molar-refractivity contribution in [3.8, 4) is 0 Å². The van der Waals surface area contributed by atoms with Gasteiger partial charge in [-0.15, -0.1) is 0 Å². The van der Waals surface area contributed by atoms with Crippen LogP contribution in [-0.2, 0) is 17.6 Å². The maximum absolute atomic E-state index is 12.1. The third kappa shape index (κ3) is 4.92. The average Bonchev–Trinajstić information content (AvgIpc) is 2.52. The van der Waals surface area contributed by atoms with Crippen LogP contribution in [0, 0.1) is 5.41 Å². The van der Waals surface area contributed by atoms with E-state index in [-0.39, 0.29) is 0 Å². The molecule has 2 rings (SSSR count). The molecule has 0 atom stereocenters. The lowest BCUT2D eigenvalue weighted by Crippen LogP contribution is -2.35. The van der Waals surface area contributed by atoms with Crippen LogP contribution in [-0.4, -0.2) is 11.1 Å². The summed E-state index contributed by atoms with van der Waals surface area (Å²) in [6.07, 6.45) is 2.59. The highest BCUT2D eigenvalue weighted by Crippen LogP contribution is 2.34. The van der Waals surface area contributed by atoms with E-state index in [2.05, 4.69) is 31.9 Å². The maximum atomic E-state index is 12.1. The summed E-state index contributed by atoms with van der Waals surface area (Å²) in [6, 6.07) is 15.9. The third-order valence-electron chi connectivity index (χ3n) is 4.09. The zero-order valence-electron chi connectivity index (χ0n) is 13.1. The van der Waals surface area contributed by atoms with Gasteiger partial charge in [-0.05, 0) is 54.7 Å². The van der Waals surface area contributed by atoms with Crippen molar-refractivity contribution >= 4 is 37.8 Å². The molecule has 0 aromatic heterocycles. The minimum absolute atomic E-state index is 0.541. The van der Waals surface area contributed by atoms with Crippen molar-refractivity contribution in [2.24, 2.45) is 5.41 Å². The number of hydrogen-bond donors (Lipinski definition) is 1. The van der Waals surface area contributed by atoms with Gasteiger partial charge < -0.3 is 5.11 Å². The highest BCUT2D eigenvalue weighted by molar-refractivity contribution is 9.10. The van der Waals surface area contributed by atoms with Crippen molar-refractivity contribution in [2.45, 2.75) is 32.6 Å². The Kier molecular flexibility index (Phi) is 6.42. The van der Waals surface area contributed by atoms with Gasteiger partial charge in [0.2, 0.25) is 0 Å². The Morgan fingerprint density at radius 3 is 1.61 bits per heavy atom. The van der Waals surface area contributed by atoms with Gasteiger partial charge >= 0.3 is 5.97 Å². The van der Waals surface area contributed by atoms with E-state index >= 15 is 0 Å². The van der Waals surface area contributed by atoms with E-state index in [4.69, 9.17) is 0 Å². The summed E-state index contributed by atoms with van der Waals surface area (Å²) in [6.45, 7) is 2.04. The summed E-state index contributed by atoms with van der Waals surface area (Å²) in [5, 5.41) is 9.97. The van der Waals surface area contributed by atoms with E-state index in [0.717, 1.165) is 26.5 Å². The third-order valence-corrected chi connectivity index (χ3v) is 5.15. The Labute approximate surface area is 154 Å². The SMILES string of the molecule is CCCC(Cc1ccc(Br)cc1)(Cc1ccc(Br)cc1)C(=O)O. The summed E-state index contributed by atoms with van der Waals surface area (Å²) >= 11 is 6.85. The minimum Gasteiger partial charge on any atom is -0.481 e. The van der Waals surface area contributed by atoms with Crippen LogP contribution in [0.25, 0.3) is 0 Å². The van der Waals surface area contributed by atoms with Crippen molar-refractivity contribution in [3.05, 3.63) is 68.6 Å². The molecule has 0 unspecified atom stereocenters. The van der Waals surface area contributed by atoms with Crippen LogP contribution in [0.3, 0.4) is 0 Å². The summed E-state index contributed by atoms with van der Waals surface area (Å²) in [4.78, 5) is 12.1. The van der Waals surface area contributed by atoms with Gasteiger partial charge in [-0.1, -0.05) is 69.5 Å². The quantitative estimate of drug-likeness (QED) is 0.585. The Bertz CT molecular complexity index is 601. The van der Waals surface area contributed by atoms with Crippen LogP contribution >= 0.6 is 31.9 Å². The molecule has 0 bridgehead atoms. The second-order valence-electron chi connectivity index (χ2n) is 5.94. The minimum atomic E-state index is -0.767. The fraction of sp³-hybridized carbons (Fsp3) is 0.316. The summed E-state index contributed by atoms with van der Waals surface area (Å²) in [5.74, 6) is -0.717. The standard InChI is InChI=1S/C19H20Br2O2/c1-2-11-19(18(22)23,12-14-3-7-16(20)8-4-14)13-15-5-9-17(21)10-6-15/h3-10H,2,11-13H2,1H3,(H,22,23). The summed E-state index contributed by atoms with van der Waals surface area (Å²) < 4.78 is 2.01. The van der Waals surface area contributed by atoms with E-state index in [9.17, 15) is 9.90 Å². The second kappa shape index (κ2) is 8.11. The van der Waals surface area contributed by atoms with Gasteiger partial charge in [-0.3, -0.25) is 4.79 Å². The molecule has 0 amide bonds. The molecule has 0 radical (unpaired) electrons. The second-order valence-corrected chi connectivity index (χ2v) is 7.77. The molecule has 2 aromatic rings. The number of carboxylic acid groups (broad SMARTS) is 1. The van der Waals surface area contributed by atoms with Crippen LogP contribution in [0.15, 0.2) is 57.5 Å². The van der Waals surface area contributed by atoms with E-state index in [1.807, 2.05) is 55.5 Å². The fourth-order valence-corrected chi connectivity index (χ4v) is 3.49. The normalized spacial score (nSPS) is 11.4. The molecule has 0 fully saturated rings. The van der Waals surface area contributed by atoms with E-state index in [1.165, 1.54) is 0 Å². The maximum Gasteiger partial charge on any atom is 0.310 e. The fourth-order valence-electron chi connectivity index (χ4n) is 2.96. The van der Waals surface area contributed by atoms with Gasteiger partial charge in [0.25, 0.3) is 0 Å². The van der Waals surface area contributed by atoms with Crippen LogP contribution in [0.4, 0.5) is 0 Å². The van der Waals surface area contributed by atoms with Gasteiger partial charge in [0.05, 0.1) is 5.41 Å². The molecule has 0 aliphatic carbocycles. The lowest BCUT2D eigenvalue weighted by atomic mass is 9.73. The lowest BCUT2D eigenvalue weighted by Gasteiger charge is -2.29. The number of carboxylic acids is 1. The van der Waals surface area contributed by atoms with Gasteiger partial charge in [0.15, 0.2) is 0 Å². The van der Waals surface area contributed by atoms with Gasteiger partial charge in [0, 0.05) is 8.95 Å². The topological polar surface area (TPSA) is 37.3 Å². The highest BCUT2D eigenvalue weighted by atomic mass is 79.9. The molecule has 4 heteroatoms. The number of rotatable bonds is 7. The van der Waals surface area contributed by atoms with Crippen molar-refractivity contribution in [2.75, 3.05) is 0 Å². The van der Waals surface area contributed by atoms with Crippen molar-refractivity contribution in [3.63, 3.8) is 0 Å². The molecular weight excluding hydrogens is 420 g/mol. The molecule has 2 nitrogen and oxygen atoms in total. The van der Waals surface area contributed by atoms with Gasteiger partial charge in [-0.25, -0.2) is 0 Å². The first kappa shape index (κ1) is 18.2. The number of halogens is 2. The molecule has 0 spiro atoms. The molecule has 0 aliphatic heterocycles. The molecule has 0 saturated carbocycles. The molecule has 0 heterocycles. The predicted molar refractivity (Wildman–Crippen MR) is 101 cm³/mol. The van der Waals surface area contributed by atoms with E-state index in [1.54, 1.807) is 0 Å². The Morgan fingerprint density at radius 1 is 0.913 bits per heavy atom. The monoisotopic (exact) mass is 438 g/mol. The Morgan fingerprint density at radius 2 is 1.30 bits per heavy atom. The highest BCUT2D eigenvalue weighted by Gasteiger charge is 2.37. The molecule has 2 aromatic carbocycles. The largest absolute Gasteiger partial charge is 0.481 e. The summed E-state index contributed by atoms with van der Waals surface area (Å²) in [5.41, 5.74) is 1.35. The van der Waals surface area contributed by atoms with E-state index in [0.29, 0.717) is 19.3 Å². The zero-order chi connectivity index (χ0) is 16.9. The van der Waals surface area contributed by atoms with Crippen LogP contribution in [0.5, 0.6) is 0 Å². The molecule has 0 aliphatic rings. The number of carbonyl (C=O) groups is 1.